The summed E-state index contributed by atoms with van der Waals surface area (Å²) < 4.78 is 61.6. The van der Waals surface area contributed by atoms with Gasteiger partial charge in [-0.1, -0.05) is 6.07 Å². The fourth-order valence-corrected chi connectivity index (χ4v) is 5.25. The summed E-state index contributed by atoms with van der Waals surface area (Å²) in [5, 5.41) is 16.0. The molecule has 3 aromatic rings. The number of halogens is 4. The maximum atomic E-state index is 14.6. The average Bonchev–Trinajstić information content (AvgIpc) is 3.22. The Morgan fingerprint density at radius 2 is 2.03 bits per heavy atom. The van der Waals surface area contributed by atoms with Crippen molar-refractivity contribution in [3.63, 3.8) is 0 Å². The number of aromatic amines is 1. The van der Waals surface area contributed by atoms with E-state index >= 15 is 0 Å². The lowest BCUT2D eigenvalue weighted by atomic mass is 9.84. The molecular formula is C25H29F4N5O2. The van der Waals surface area contributed by atoms with E-state index in [0.717, 1.165) is 0 Å². The summed E-state index contributed by atoms with van der Waals surface area (Å²) in [6, 6.07) is 5.90. The smallest absolute Gasteiger partial charge is 0.283 e. The molecule has 0 spiro atoms. The van der Waals surface area contributed by atoms with Crippen LogP contribution in [0.4, 0.5) is 17.6 Å². The van der Waals surface area contributed by atoms with Gasteiger partial charge in [0.1, 0.15) is 18.5 Å². The lowest BCUT2D eigenvalue weighted by Gasteiger charge is -2.43. The summed E-state index contributed by atoms with van der Waals surface area (Å²) in [7, 11) is 0. The molecule has 1 saturated heterocycles. The predicted molar refractivity (Wildman–Crippen MR) is 125 cm³/mol. The van der Waals surface area contributed by atoms with Gasteiger partial charge in [0, 0.05) is 25.7 Å². The molecule has 2 aliphatic rings. The van der Waals surface area contributed by atoms with Crippen molar-refractivity contribution in [3.8, 4) is 5.75 Å². The van der Waals surface area contributed by atoms with E-state index in [2.05, 4.69) is 20.1 Å². The van der Waals surface area contributed by atoms with Crippen LogP contribution in [-0.2, 0) is 6.42 Å². The lowest BCUT2D eigenvalue weighted by Crippen LogP contribution is -2.53. The van der Waals surface area contributed by atoms with Crippen LogP contribution in [0.5, 0.6) is 5.75 Å². The number of aliphatic hydroxyl groups excluding tert-OH is 1. The molecule has 2 N–H and O–H groups in total. The lowest BCUT2D eigenvalue weighted by molar-refractivity contribution is -0.0865. The van der Waals surface area contributed by atoms with E-state index in [4.69, 9.17) is 4.74 Å². The van der Waals surface area contributed by atoms with Crippen LogP contribution in [0.2, 0.25) is 0 Å². The second kappa shape index (κ2) is 9.95. The third-order valence-electron chi connectivity index (χ3n) is 7.03. The van der Waals surface area contributed by atoms with Gasteiger partial charge < -0.3 is 9.84 Å². The second-order valence-corrected chi connectivity index (χ2v) is 9.67. The Labute approximate surface area is 206 Å². The van der Waals surface area contributed by atoms with Crippen molar-refractivity contribution in [2.45, 2.75) is 43.9 Å². The summed E-state index contributed by atoms with van der Waals surface area (Å²) >= 11 is 0. The van der Waals surface area contributed by atoms with Gasteiger partial charge in [0.15, 0.2) is 0 Å². The molecule has 0 amide bonds. The summed E-state index contributed by atoms with van der Waals surface area (Å²) in [5.41, 5.74) is 2.39. The fourth-order valence-electron chi connectivity index (χ4n) is 5.25. The minimum absolute atomic E-state index is 0.00946. The number of hydrogen-bond donors (Lipinski definition) is 2. The Balaban J connectivity index is 1.44. The van der Waals surface area contributed by atoms with Gasteiger partial charge in [0.2, 0.25) is 5.95 Å². The highest BCUT2D eigenvalue weighted by Crippen LogP contribution is 2.41. The molecule has 4 heterocycles. The molecule has 0 aliphatic carbocycles. The first-order valence-corrected chi connectivity index (χ1v) is 12.1. The summed E-state index contributed by atoms with van der Waals surface area (Å²) in [6.45, 7) is 1.66. The van der Waals surface area contributed by atoms with Crippen molar-refractivity contribution in [1.82, 2.24) is 25.0 Å². The highest BCUT2D eigenvalue weighted by molar-refractivity contribution is 5.84. The molecule has 2 atom stereocenters. The Hall–Kier alpha value is -2.76. The van der Waals surface area contributed by atoms with Crippen LogP contribution in [0, 0.1) is 5.95 Å². The summed E-state index contributed by atoms with van der Waals surface area (Å²) in [5.74, 6) is -3.31. The topological polar surface area (TPSA) is 77.5 Å². The molecule has 7 nitrogen and oxygen atoms in total. The first kappa shape index (κ1) is 24.9. The molecule has 11 heteroatoms. The van der Waals surface area contributed by atoms with Crippen molar-refractivity contribution in [1.29, 1.82) is 0 Å². The van der Waals surface area contributed by atoms with Crippen LogP contribution < -0.4 is 4.74 Å². The van der Waals surface area contributed by atoms with Crippen LogP contribution in [0.3, 0.4) is 0 Å². The monoisotopic (exact) mass is 507 g/mol. The van der Waals surface area contributed by atoms with E-state index in [0.29, 0.717) is 65.9 Å². The minimum Gasteiger partial charge on any atom is -0.486 e. The molecule has 0 bridgehead atoms. The van der Waals surface area contributed by atoms with Crippen molar-refractivity contribution in [2.75, 3.05) is 39.5 Å². The van der Waals surface area contributed by atoms with Crippen molar-refractivity contribution in [3.05, 3.63) is 53.2 Å². The highest BCUT2D eigenvalue weighted by atomic mass is 19.3. The van der Waals surface area contributed by atoms with E-state index in [9.17, 15) is 22.7 Å². The molecule has 1 aromatic carbocycles. The Bertz CT molecular complexity index is 1200. The predicted octanol–water partition coefficient (Wildman–Crippen LogP) is 3.48. The molecule has 2 aliphatic heterocycles. The number of alkyl halides is 3. The van der Waals surface area contributed by atoms with Gasteiger partial charge in [-0.2, -0.15) is 9.49 Å². The summed E-state index contributed by atoms with van der Waals surface area (Å²) in [4.78, 5) is 8.28. The van der Waals surface area contributed by atoms with Gasteiger partial charge in [-0.3, -0.25) is 24.3 Å². The van der Waals surface area contributed by atoms with Gasteiger partial charge in [-0.05, 0) is 49.1 Å². The number of ether oxygens (including phenoxy) is 1. The fraction of sp³-hybridized carbons (Fsp3) is 0.520. The molecule has 1 fully saturated rings. The van der Waals surface area contributed by atoms with E-state index in [-0.39, 0.29) is 18.8 Å². The number of fused-ring (bicyclic) bond motifs is 3. The number of pyridine rings is 1. The highest BCUT2D eigenvalue weighted by Gasteiger charge is 2.41. The third-order valence-corrected chi connectivity index (χ3v) is 7.03. The number of rotatable bonds is 9. The number of nitrogens with zero attached hydrogens (tertiary/aromatic N) is 4. The Kier molecular flexibility index (Phi) is 6.88. The first-order valence-electron chi connectivity index (χ1n) is 12.1. The van der Waals surface area contributed by atoms with Crippen LogP contribution in [0.25, 0.3) is 10.9 Å². The van der Waals surface area contributed by atoms with E-state index in [1.165, 1.54) is 0 Å². The van der Waals surface area contributed by atoms with Crippen LogP contribution >= 0.6 is 0 Å². The number of hydrogen-bond acceptors (Lipinski definition) is 6. The molecule has 0 saturated carbocycles. The molecule has 5 rings (SSSR count). The molecule has 194 valence electrons. The van der Waals surface area contributed by atoms with Gasteiger partial charge in [0.25, 0.3) is 5.92 Å². The van der Waals surface area contributed by atoms with Gasteiger partial charge in [0.05, 0.1) is 42.1 Å². The number of nitrogens with one attached hydrogen (secondary N) is 1. The van der Waals surface area contributed by atoms with Crippen LogP contribution in [0.15, 0.2) is 30.5 Å². The standard InChI is InChI=1S/C25H29F4N5O2/c1-15-9-19-18(4-6-20-22(19)24(27)32-31-20)23(34(15)13-25(28,29)14-35)21-5-3-16(10-30-21)36-17-11-33(12-17)8-2-7-26/h3-6,10,15,17,23,35H,2,7-9,11-14H2,1H3,(H,31,32)/t15-,23+/m1/s1. The van der Waals surface area contributed by atoms with Gasteiger partial charge >= 0.3 is 0 Å². The average molecular weight is 508 g/mol. The van der Waals surface area contributed by atoms with Crippen LogP contribution in [-0.4, -0.2) is 87.6 Å². The second-order valence-electron chi connectivity index (χ2n) is 9.67. The number of aliphatic hydroxyl groups is 1. The van der Waals surface area contributed by atoms with Crippen LogP contribution in [0.1, 0.15) is 36.2 Å². The maximum absolute atomic E-state index is 14.6. The van der Waals surface area contributed by atoms with E-state index in [1.54, 1.807) is 35.4 Å². The van der Waals surface area contributed by atoms with Crippen molar-refractivity contribution >= 4 is 10.9 Å². The number of benzene rings is 1. The zero-order chi connectivity index (χ0) is 25.4. The number of likely N-dealkylation sites (tertiary alicyclic amines) is 1. The minimum atomic E-state index is -3.31. The van der Waals surface area contributed by atoms with E-state index in [1.807, 2.05) is 6.92 Å². The maximum Gasteiger partial charge on any atom is 0.283 e. The van der Waals surface area contributed by atoms with Crippen molar-refractivity contribution < 1.29 is 27.4 Å². The van der Waals surface area contributed by atoms with Gasteiger partial charge in [-0.25, -0.2) is 8.78 Å². The number of H-pyrrole nitrogens is 1. The Morgan fingerprint density at radius 3 is 2.72 bits per heavy atom. The first-order chi connectivity index (χ1) is 17.3. The molecule has 0 unspecified atom stereocenters. The van der Waals surface area contributed by atoms with Gasteiger partial charge in [-0.15, -0.1) is 0 Å². The molecule has 2 aromatic heterocycles. The largest absolute Gasteiger partial charge is 0.486 e. The number of aromatic nitrogens is 3. The van der Waals surface area contributed by atoms with E-state index < -0.39 is 31.1 Å². The summed E-state index contributed by atoms with van der Waals surface area (Å²) in [6.07, 6.45) is 2.41. The quantitative estimate of drug-likeness (QED) is 0.432. The normalized spacial score (nSPS) is 21.5. The molecule has 0 radical (unpaired) electrons. The zero-order valence-electron chi connectivity index (χ0n) is 19.9. The van der Waals surface area contributed by atoms with Crippen molar-refractivity contribution in [2.24, 2.45) is 0 Å². The Morgan fingerprint density at radius 1 is 1.22 bits per heavy atom. The zero-order valence-corrected chi connectivity index (χ0v) is 19.9. The molecule has 36 heavy (non-hydrogen) atoms. The SMILES string of the molecule is C[C@@H]1Cc2c(ccc3n[nH]c(F)c23)[C@@H](c2ccc(OC3CN(CCCF)C3)cn2)N1CC(F)(F)CO. The molecular weight excluding hydrogens is 478 g/mol. The third kappa shape index (κ3) is 4.79.